The minimum Gasteiger partial charge on any atom is -0.374 e. The van der Waals surface area contributed by atoms with Crippen LogP contribution in [0.5, 0.6) is 0 Å². The number of ether oxygens (including phenoxy) is 1. The van der Waals surface area contributed by atoms with E-state index in [2.05, 4.69) is 19.2 Å². The molecule has 1 saturated carbocycles. The second-order valence-electron chi connectivity index (χ2n) is 6.57. The van der Waals surface area contributed by atoms with Gasteiger partial charge >= 0.3 is 0 Å². The number of hydrogen-bond acceptors (Lipinski definition) is 3. The van der Waals surface area contributed by atoms with E-state index in [9.17, 15) is 0 Å². The molecule has 3 heteroatoms. The topological polar surface area (TPSA) is 47.3 Å². The SMILES string of the molecule is CC1CCCC(N)(CNCC2(C)CCCO2)C1. The van der Waals surface area contributed by atoms with Crippen LogP contribution in [0.3, 0.4) is 0 Å². The van der Waals surface area contributed by atoms with E-state index in [-0.39, 0.29) is 11.1 Å². The van der Waals surface area contributed by atoms with Gasteiger partial charge in [0, 0.05) is 25.2 Å². The summed E-state index contributed by atoms with van der Waals surface area (Å²) < 4.78 is 5.78. The third kappa shape index (κ3) is 3.67. The van der Waals surface area contributed by atoms with E-state index in [1.807, 2.05) is 0 Å². The van der Waals surface area contributed by atoms with Crippen molar-refractivity contribution < 1.29 is 4.74 Å². The standard InChI is InChI=1S/C14H28N2O/c1-12-5-3-7-14(15,9-12)11-16-10-13(2)6-4-8-17-13/h12,16H,3-11,15H2,1-2H3. The quantitative estimate of drug-likeness (QED) is 0.790. The number of nitrogens with one attached hydrogen (secondary N) is 1. The zero-order valence-electron chi connectivity index (χ0n) is 11.4. The first-order valence-corrected chi connectivity index (χ1v) is 7.15. The zero-order valence-corrected chi connectivity index (χ0v) is 11.4. The Morgan fingerprint density at radius 3 is 2.76 bits per heavy atom. The predicted molar refractivity (Wildman–Crippen MR) is 71.0 cm³/mol. The molecule has 0 bridgehead atoms. The van der Waals surface area contributed by atoms with E-state index in [0.717, 1.165) is 32.0 Å². The van der Waals surface area contributed by atoms with Crippen LogP contribution in [0.2, 0.25) is 0 Å². The Morgan fingerprint density at radius 1 is 1.29 bits per heavy atom. The molecule has 1 saturated heterocycles. The lowest BCUT2D eigenvalue weighted by molar-refractivity contribution is 0.0193. The van der Waals surface area contributed by atoms with E-state index >= 15 is 0 Å². The molecule has 2 rings (SSSR count). The molecule has 0 amide bonds. The maximum atomic E-state index is 6.47. The van der Waals surface area contributed by atoms with Crippen LogP contribution in [0, 0.1) is 5.92 Å². The van der Waals surface area contributed by atoms with Crippen LogP contribution in [-0.2, 0) is 4.74 Å². The van der Waals surface area contributed by atoms with Crippen LogP contribution in [0.4, 0.5) is 0 Å². The molecule has 0 aromatic heterocycles. The number of nitrogens with two attached hydrogens (primary N) is 1. The van der Waals surface area contributed by atoms with Crippen LogP contribution >= 0.6 is 0 Å². The van der Waals surface area contributed by atoms with Crippen LogP contribution < -0.4 is 11.1 Å². The lowest BCUT2D eigenvalue weighted by atomic mass is 9.77. The molecule has 3 nitrogen and oxygen atoms in total. The van der Waals surface area contributed by atoms with Crippen LogP contribution in [0.15, 0.2) is 0 Å². The summed E-state index contributed by atoms with van der Waals surface area (Å²) in [6, 6.07) is 0. The van der Waals surface area contributed by atoms with Crippen molar-refractivity contribution in [2.75, 3.05) is 19.7 Å². The summed E-state index contributed by atoms with van der Waals surface area (Å²) in [5.74, 6) is 0.786. The third-order valence-corrected chi connectivity index (χ3v) is 4.40. The lowest BCUT2D eigenvalue weighted by Gasteiger charge is -2.38. The number of rotatable bonds is 4. The molecule has 100 valence electrons. The van der Waals surface area contributed by atoms with Crippen molar-refractivity contribution in [1.29, 1.82) is 0 Å². The molecule has 3 unspecified atom stereocenters. The second kappa shape index (κ2) is 5.25. The highest BCUT2D eigenvalue weighted by atomic mass is 16.5. The fourth-order valence-electron chi connectivity index (χ4n) is 3.41. The Kier molecular flexibility index (Phi) is 4.11. The molecule has 17 heavy (non-hydrogen) atoms. The largest absolute Gasteiger partial charge is 0.374 e. The molecule has 0 radical (unpaired) electrons. The third-order valence-electron chi connectivity index (χ3n) is 4.40. The van der Waals surface area contributed by atoms with Crippen molar-refractivity contribution >= 4 is 0 Å². The molecule has 3 atom stereocenters. The highest BCUT2D eigenvalue weighted by Gasteiger charge is 2.33. The van der Waals surface area contributed by atoms with Crippen molar-refractivity contribution in [3.05, 3.63) is 0 Å². The summed E-state index contributed by atoms with van der Waals surface area (Å²) >= 11 is 0. The summed E-state index contributed by atoms with van der Waals surface area (Å²) in [5.41, 5.74) is 6.55. The van der Waals surface area contributed by atoms with E-state index in [0.29, 0.717) is 0 Å². The Morgan fingerprint density at radius 2 is 2.12 bits per heavy atom. The van der Waals surface area contributed by atoms with Gasteiger partial charge in [0.1, 0.15) is 0 Å². The van der Waals surface area contributed by atoms with Gasteiger partial charge in [-0.15, -0.1) is 0 Å². The average Bonchev–Trinajstić information content (AvgIpc) is 2.64. The van der Waals surface area contributed by atoms with E-state index in [4.69, 9.17) is 10.5 Å². The van der Waals surface area contributed by atoms with Gasteiger partial charge < -0.3 is 15.8 Å². The highest BCUT2D eigenvalue weighted by molar-refractivity contribution is 4.93. The maximum absolute atomic E-state index is 6.47. The van der Waals surface area contributed by atoms with Gasteiger partial charge in [0.05, 0.1) is 5.60 Å². The number of hydrogen-bond donors (Lipinski definition) is 2. The van der Waals surface area contributed by atoms with Gasteiger partial charge in [0.2, 0.25) is 0 Å². The normalized spacial score (nSPS) is 42.9. The molecule has 1 aliphatic carbocycles. The monoisotopic (exact) mass is 240 g/mol. The van der Waals surface area contributed by atoms with Gasteiger partial charge in [-0.2, -0.15) is 0 Å². The molecule has 1 aliphatic heterocycles. The van der Waals surface area contributed by atoms with Gasteiger partial charge in [-0.25, -0.2) is 0 Å². The van der Waals surface area contributed by atoms with Gasteiger partial charge in [-0.3, -0.25) is 0 Å². The van der Waals surface area contributed by atoms with E-state index in [1.54, 1.807) is 0 Å². The molecule has 1 heterocycles. The average molecular weight is 240 g/mol. The molecule has 0 aromatic carbocycles. The lowest BCUT2D eigenvalue weighted by Crippen LogP contribution is -2.53. The Labute approximate surface area is 105 Å². The van der Waals surface area contributed by atoms with E-state index < -0.39 is 0 Å². The van der Waals surface area contributed by atoms with Gasteiger partial charge in [0.15, 0.2) is 0 Å². The predicted octanol–water partition coefficient (Wildman–Crippen LogP) is 2.05. The van der Waals surface area contributed by atoms with Crippen LogP contribution in [0.1, 0.15) is 52.4 Å². The van der Waals surface area contributed by atoms with Crippen LogP contribution in [0.25, 0.3) is 0 Å². The van der Waals surface area contributed by atoms with Crippen molar-refractivity contribution in [2.24, 2.45) is 11.7 Å². The molecular formula is C14H28N2O. The minimum atomic E-state index is 0.0205. The van der Waals surface area contributed by atoms with Crippen molar-refractivity contribution in [3.8, 4) is 0 Å². The molecule has 0 aromatic rings. The summed E-state index contributed by atoms with van der Waals surface area (Å²) in [6.07, 6.45) is 7.34. The summed E-state index contributed by atoms with van der Waals surface area (Å²) in [7, 11) is 0. The first-order chi connectivity index (χ1) is 8.02. The first-order valence-electron chi connectivity index (χ1n) is 7.15. The smallest absolute Gasteiger partial charge is 0.0779 e. The second-order valence-corrected chi connectivity index (χ2v) is 6.57. The zero-order chi connectivity index (χ0) is 12.4. The molecule has 2 fully saturated rings. The Balaban J connectivity index is 1.73. The molecule has 2 aliphatic rings. The molecule has 3 N–H and O–H groups in total. The van der Waals surface area contributed by atoms with Crippen LogP contribution in [-0.4, -0.2) is 30.8 Å². The minimum absolute atomic E-state index is 0.0205. The molecular weight excluding hydrogens is 212 g/mol. The van der Waals surface area contributed by atoms with Gasteiger partial charge in [-0.05, 0) is 38.5 Å². The summed E-state index contributed by atoms with van der Waals surface area (Å²) in [6.45, 7) is 7.33. The van der Waals surface area contributed by atoms with Gasteiger partial charge in [0.25, 0.3) is 0 Å². The Hall–Kier alpha value is -0.120. The molecule has 0 spiro atoms. The maximum Gasteiger partial charge on any atom is 0.0779 e. The van der Waals surface area contributed by atoms with Gasteiger partial charge in [-0.1, -0.05) is 19.8 Å². The van der Waals surface area contributed by atoms with Crippen molar-refractivity contribution in [1.82, 2.24) is 5.32 Å². The van der Waals surface area contributed by atoms with Crippen molar-refractivity contribution in [2.45, 2.75) is 63.5 Å². The first kappa shape index (κ1) is 13.3. The highest BCUT2D eigenvalue weighted by Crippen LogP contribution is 2.30. The Bertz CT molecular complexity index is 251. The summed E-state index contributed by atoms with van der Waals surface area (Å²) in [4.78, 5) is 0. The fourth-order valence-corrected chi connectivity index (χ4v) is 3.41. The van der Waals surface area contributed by atoms with Crippen molar-refractivity contribution in [3.63, 3.8) is 0 Å². The fraction of sp³-hybridized carbons (Fsp3) is 1.00. The summed E-state index contributed by atoms with van der Waals surface area (Å²) in [5, 5.41) is 3.55. The van der Waals surface area contributed by atoms with E-state index in [1.165, 1.54) is 32.1 Å².